The van der Waals surface area contributed by atoms with Crippen LogP contribution in [0.2, 0.25) is 0 Å². The summed E-state index contributed by atoms with van der Waals surface area (Å²) in [4.78, 5) is 23.4. The van der Waals surface area contributed by atoms with E-state index in [1.165, 1.54) is 11.1 Å². The molecule has 0 heterocycles. The fraction of sp³-hybridized carbons (Fsp3) is 0.533. The second kappa shape index (κ2) is 16.5. The van der Waals surface area contributed by atoms with E-state index in [4.69, 9.17) is 15.2 Å². The molecule has 0 aromatic heterocycles. The maximum atomic E-state index is 12.3. The van der Waals surface area contributed by atoms with Crippen LogP contribution in [0.25, 0.3) is 0 Å². The van der Waals surface area contributed by atoms with E-state index in [9.17, 15) is 13.8 Å². The molecule has 3 atom stereocenters. The van der Waals surface area contributed by atoms with Crippen LogP contribution in [0.4, 0.5) is 0 Å². The number of benzene rings is 2. The summed E-state index contributed by atoms with van der Waals surface area (Å²) in [6.45, 7) is 10.3. The van der Waals surface area contributed by atoms with Crippen LogP contribution in [0.15, 0.2) is 36.4 Å². The number of carbonyl (C=O) groups excluding carboxylic acids is 2. The summed E-state index contributed by atoms with van der Waals surface area (Å²) in [5.74, 6) is -0.525. The van der Waals surface area contributed by atoms with Gasteiger partial charge in [0.1, 0.15) is 0 Å². The van der Waals surface area contributed by atoms with Crippen molar-refractivity contribution < 1.29 is 23.3 Å². The minimum atomic E-state index is -1.10. The Labute approximate surface area is 253 Å². The third kappa shape index (κ3) is 9.55. The molecular weight excluding hydrogens is 571 g/mol. The molecule has 0 aliphatic heterocycles. The molecular formula is C30H44Cl2N2O5S. The lowest BCUT2D eigenvalue weighted by Gasteiger charge is -2.29. The van der Waals surface area contributed by atoms with Crippen molar-refractivity contribution >= 4 is 47.7 Å². The van der Waals surface area contributed by atoms with Gasteiger partial charge in [-0.05, 0) is 120 Å². The van der Waals surface area contributed by atoms with Crippen molar-refractivity contribution in [2.45, 2.75) is 90.0 Å². The maximum Gasteiger partial charge on any atom is 0.338 e. The lowest BCUT2D eigenvalue weighted by Crippen LogP contribution is -2.37. The van der Waals surface area contributed by atoms with Gasteiger partial charge in [0.2, 0.25) is 0 Å². The highest BCUT2D eigenvalue weighted by Crippen LogP contribution is 2.32. The Bertz CT molecular complexity index is 1170. The van der Waals surface area contributed by atoms with Gasteiger partial charge >= 0.3 is 11.9 Å². The first kappa shape index (κ1) is 36.1. The molecule has 2 aromatic carbocycles. The first-order valence-corrected chi connectivity index (χ1v) is 14.7. The zero-order valence-corrected chi connectivity index (χ0v) is 26.6. The summed E-state index contributed by atoms with van der Waals surface area (Å²) in [6.07, 6.45) is 6.08. The predicted molar refractivity (Wildman–Crippen MR) is 166 cm³/mol. The summed E-state index contributed by atoms with van der Waals surface area (Å²) >= 11 is 0. The number of esters is 2. The highest BCUT2D eigenvalue weighted by Gasteiger charge is 2.27. The van der Waals surface area contributed by atoms with Crippen molar-refractivity contribution in [2.24, 2.45) is 5.73 Å². The van der Waals surface area contributed by atoms with Crippen molar-refractivity contribution in [1.29, 1.82) is 0 Å². The Kier molecular flexibility index (Phi) is 14.8. The molecule has 0 spiro atoms. The lowest BCUT2D eigenvalue weighted by molar-refractivity contribution is 0.0516. The Balaban J connectivity index is 0.000000397. The Hall–Kier alpha value is -1.97. The molecule has 0 unspecified atom stereocenters. The number of nitrogens with one attached hydrogen (secondary N) is 1. The number of ether oxygens (including phenoxy) is 2. The minimum absolute atomic E-state index is 0. The van der Waals surface area contributed by atoms with Crippen LogP contribution < -0.4 is 10.5 Å². The van der Waals surface area contributed by atoms with Crippen molar-refractivity contribution in [3.05, 3.63) is 69.8 Å². The molecule has 0 radical (unpaired) electrons. The van der Waals surface area contributed by atoms with Gasteiger partial charge in [-0.25, -0.2) is 18.5 Å². The van der Waals surface area contributed by atoms with Crippen molar-refractivity contribution in [2.75, 3.05) is 13.2 Å². The van der Waals surface area contributed by atoms with Crippen LogP contribution >= 0.6 is 24.8 Å². The van der Waals surface area contributed by atoms with Crippen LogP contribution in [-0.4, -0.2) is 34.1 Å². The third-order valence-corrected chi connectivity index (χ3v) is 8.40. The molecule has 0 fully saturated rings. The second-order valence-corrected chi connectivity index (χ2v) is 12.7. The molecule has 10 heteroatoms. The van der Waals surface area contributed by atoms with Crippen LogP contribution in [-0.2, 0) is 33.3 Å². The van der Waals surface area contributed by atoms with E-state index in [0.717, 1.165) is 49.7 Å². The average molecular weight is 616 g/mol. The van der Waals surface area contributed by atoms with E-state index in [1.807, 2.05) is 58.0 Å². The SMILES string of the molecule is CCOC(=O)c1ccc2c(c1)CCC[C@@H]2N.CCOC(=O)c1ccc2c(c1)CCC[C@@H]2N[S@](=O)C(C)(C)C.Cl.Cl. The Morgan fingerprint density at radius 3 is 1.85 bits per heavy atom. The highest BCUT2D eigenvalue weighted by molar-refractivity contribution is 7.84. The van der Waals surface area contributed by atoms with Crippen molar-refractivity contribution in [1.82, 2.24) is 4.72 Å². The number of halogens is 2. The fourth-order valence-corrected chi connectivity index (χ4v) is 5.63. The maximum absolute atomic E-state index is 12.3. The highest BCUT2D eigenvalue weighted by atomic mass is 35.5. The van der Waals surface area contributed by atoms with Gasteiger partial charge in [0.25, 0.3) is 0 Å². The largest absolute Gasteiger partial charge is 0.462 e. The summed E-state index contributed by atoms with van der Waals surface area (Å²) < 4.78 is 25.3. The number of carbonyl (C=O) groups is 2. The number of hydrogen-bond acceptors (Lipinski definition) is 6. The third-order valence-electron chi connectivity index (χ3n) is 6.79. The number of rotatable bonds is 6. The first-order valence-electron chi connectivity index (χ1n) is 13.6. The Morgan fingerprint density at radius 2 is 1.35 bits per heavy atom. The number of hydrogen-bond donors (Lipinski definition) is 2. The Morgan fingerprint density at radius 1 is 0.875 bits per heavy atom. The number of fused-ring (bicyclic) bond motifs is 2. The molecule has 2 aliphatic carbocycles. The monoisotopic (exact) mass is 614 g/mol. The fourth-order valence-electron chi connectivity index (χ4n) is 4.78. The molecule has 0 saturated carbocycles. The second-order valence-electron chi connectivity index (χ2n) is 10.7. The van der Waals surface area contributed by atoms with E-state index >= 15 is 0 Å². The summed E-state index contributed by atoms with van der Waals surface area (Å²) in [6, 6.07) is 11.6. The lowest BCUT2D eigenvalue weighted by atomic mass is 9.87. The quantitative estimate of drug-likeness (QED) is 0.368. The van der Waals surface area contributed by atoms with Crippen molar-refractivity contribution in [3.8, 4) is 0 Å². The van der Waals surface area contributed by atoms with Gasteiger partial charge in [-0.15, -0.1) is 24.8 Å². The standard InChI is InChI=1S/C17H25NO3S.C13H17NO2.2ClH/c1-5-21-16(19)13-9-10-14-12(11-13)7-6-8-15(14)18-22(20)17(2,3)4;1-2-16-13(15)10-6-7-11-9(8-10)4-3-5-12(11)14;;/h9-11,15,18H,5-8H2,1-4H3;6-8,12H,2-5,14H2,1H3;2*1H/t15-,22+;12-;;/m00../s1. The van der Waals surface area contributed by atoms with E-state index in [0.29, 0.717) is 24.3 Å². The van der Waals surface area contributed by atoms with Crippen LogP contribution in [0, 0.1) is 0 Å². The summed E-state index contributed by atoms with van der Waals surface area (Å²) in [7, 11) is -1.10. The molecule has 2 aromatic rings. The van der Waals surface area contributed by atoms with E-state index < -0.39 is 11.0 Å². The molecule has 3 N–H and O–H groups in total. The van der Waals surface area contributed by atoms with Gasteiger partial charge in [0, 0.05) is 12.1 Å². The minimum Gasteiger partial charge on any atom is -0.462 e. The van der Waals surface area contributed by atoms with E-state index in [-0.39, 0.29) is 53.6 Å². The normalized spacial score (nSPS) is 18.2. The molecule has 7 nitrogen and oxygen atoms in total. The zero-order valence-electron chi connectivity index (χ0n) is 24.1. The smallest absolute Gasteiger partial charge is 0.338 e. The molecule has 0 saturated heterocycles. The summed E-state index contributed by atoms with van der Waals surface area (Å²) in [5, 5.41) is 0. The molecule has 0 amide bonds. The van der Waals surface area contributed by atoms with E-state index in [1.54, 1.807) is 13.0 Å². The first-order chi connectivity index (χ1) is 18.0. The molecule has 224 valence electrons. The van der Waals surface area contributed by atoms with Crippen molar-refractivity contribution in [3.63, 3.8) is 0 Å². The summed E-state index contributed by atoms with van der Waals surface area (Å²) in [5.41, 5.74) is 11.9. The number of nitrogens with two attached hydrogens (primary N) is 1. The van der Waals surface area contributed by atoms with Gasteiger partial charge < -0.3 is 15.2 Å². The molecule has 40 heavy (non-hydrogen) atoms. The van der Waals surface area contributed by atoms with Gasteiger partial charge in [0.05, 0.1) is 40.1 Å². The zero-order chi connectivity index (χ0) is 27.9. The van der Waals surface area contributed by atoms with Crippen LogP contribution in [0.3, 0.4) is 0 Å². The molecule has 2 aliphatic rings. The van der Waals surface area contributed by atoms with Gasteiger partial charge in [-0.1, -0.05) is 12.1 Å². The van der Waals surface area contributed by atoms with Crippen LogP contribution in [0.1, 0.15) is 115 Å². The number of aryl methyl sites for hydroxylation is 2. The average Bonchev–Trinajstić information content (AvgIpc) is 2.88. The van der Waals surface area contributed by atoms with Gasteiger partial charge in [-0.2, -0.15) is 0 Å². The van der Waals surface area contributed by atoms with Crippen LogP contribution in [0.5, 0.6) is 0 Å². The van der Waals surface area contributed by atoms with Gasteiger partial charge in [-0.3, -0.25) is 0 Å². The molecule has 4 rings (SSSR count). The molecule has 0 bridgehead atoms. The predicted octanol–water partition coefficient (Wildman–Crippen LogP) is 6.34. The topological polar surface area (TPSA) is 108 Å². The van der Waals surface area contributed by atoms with E-state index in [2.05, 4.69) is 4.72 Å². The van der Waals surface area contributed by atoms with Gasteiger partial charge in [0.15, 0.2) is 0 Å².